The first-order chi connectivity index (χ1) is 15.2. The molecule has 2 aromatic rings. The highest BCUT2D eigenvalue weighted by molar-refractivity contribution is 5.80. The van der Waals surface area contributed by atoms with Gasteiger partial charge in [0.15, 0.2) is 6.10 Å². The second kappa shape index (κ2) is 7.47. The minimum atomic E-state index is -4.73. The molecule has 0 saturated heterocycles. The van der Waals surface area contributed by atoms with Crippen LogP contribution in [0.25, 0.3) is 11.8 Å². The number of rotatable bonds is 4. The van der Waals surface area contributed by atoms with Crippen molar-refractivity contribution in [3.63, 3.8) is 0 Å². The molecule has 0 bridgehead atoms. The van der Waals surface area contributed by atoms with Gasteiger partial charge in [-0.25, -0.2) is 4.68 Å². The molecule has 0 aliphatic heterocycles. The average Bonchev–Trinajstić information content (AvgIpc) is 3.42. The van der Waals surface area contributed by atoms with Gasteiger partial charge in [0.25, 0.3) is 0 Å². The van der Waals surface area contributed by atoms with Gasteiger partial charge in [-0.3, -0.25) is 4.79 Å². The molecule has 170 valence electrons. The molecule has 4 atom stereocenters. The molecular weight excluding hydrogens is 419 g/mol. The Hall–Kier alpha value is -2.61. The van der Waals surface area contributed by atoms with Gasteiger partial charge in [0.2, 0.25) is 5.91 Å². The van der Waals surface area contributed by atoms with Crippen molar-refractivity contribution >= 4 is 12.0 Å². The van der Waals surface area contributed by atoms with Crippen LogP contribution in [0.3, 0.4) is 0 Å². The first kappa shape index (κ1) is 21.2. The summed E-state index contributed by atoms with van der Waals surface area (Å²) in [5.41, 5.74) is 4.46. The second-order valence-electron chi connectivity index (χ2n) is 9.37. The Morgan fingerprint density at radius 1 is 1.31 bits per heavy atom. The summed E-state index contributed by atoms with van der Waals surface area (Å²) >= 11 is 0. The highest BCUT2D eigenvalue weighted by atomic mass is 19.4. The number of nitrogens with zero attached hydrogens (tertiary/aromatic N) is 3. The van der Waals surface area contributed by atoms with Crippen molar-refractivity contribution in [2.45, 2.75) is 44.4 Å². The predicted octanol–water partition coefficient (Wildman–Crippen LogP) is 4.00. The van der Waals surface area contributed by atoms with Crippen LogP contribution >= 0.6 is 0 Å². The first-order valence-electron chi connectivity index (χ1n) is 11.0. The van der Waals surface area contributed by atoms with Crippen LogP contribution in [0.2, 0.25) is 0 Å². The monoisotopic (exact) mass is 445 g/mol. The van der Waals surface area contributed by atoms with Gasteiger partial charge < -0.3 is 10.0 Å². The fourth-order valence-corrected chi connectivity index (χ4v) is 6.16. The number of aromatic nitrogens is 2. The smallest absolute Gasteiger partial charge is 0.382 e. The highest BCUT2D eigenvalue weighted by Crippen LogP contribution is 2.63. The summed E-state index contributed by atoms with van der Waals surface area (Å²) in [6.45, 7) is -0.727. The third-order valence-electron chi connectivity index (χ3n) is 7.68. The standard InChI is InChI=1S/C24H26F3N3O2/c1-29(14-21(31)24(25,26)27)22(32)18-9-10-23-12-15-13-28-30(17-5-3-2-4-6-17)20(15)11-16(23)7-8-19(18)23/h2-6,11,13,18-19,21,31H,7-10,12,14H2,1H3. The molecule has 1 heterocycles. The van der Waals surface area contributed by atoms with Crippen molar-refractivity contribution in [2.24, 2.45) is 17.3 Å². The molecule has 5 rings (SSSR count). The summed E-state index contributed by atoms with van der Waals surface area (Å²) in [5.74, 6) is -0.487. The Kier molecular flexibility index (Phi) is 4.96. The molecule has 3 aliphatic carbocycles. The fourth-order valence-electron chi connectivity index (χ4n) is 6.16. The maximum atomic E-state index is 13.1. The summed E-state index contributed by atoms with van der Waals surface area (Å²) in [5, 5.41) is 14.0. The SMILES string of the molecule is CN(CC(O)C(F)(F)F)C(=O)C1CCC23Cc4cnn(-c5ccccc5)c4C=C2CCC13. The zero-order valence-corrected chi connectivity index (χ0v) is 17.8. The fraction of sp³-hybridized carbons (Fsp3) is 0.500. The highest BCUT2D eigenvalue weighted by Gasteiger charge is 2.57. The lowest BCUT2D eigenvalue weighted by atomic mass is 9.69. The largest absolute Gasteiger partial charge is 0.416 e. The molecule has 1 aromatic carbocycles. The number of allylic oxidation sites excluding steroid dienone is 1. The predicted molar refractivity (Wildman–Crippen MR) is 113 cm³/mol. The molecule has 32 heavy (non-hydrogen) atoms. The molecule has 1 amide bonds. The van der Waals surface area contributed by atoms with E-state index in [0.29, 0.717) is 6.42 Å². The first-order valence-corrected chi connectivity index (χ1v) is 11.0. The Morgan fingerprint density at radius 3 is 2.78 bits per heavy atom. The van der Waals surface area contributed by atoms with Gasteiger partial charge in [0, 0.05) is 13.0 Å². The third-order valence-corrected chi connectivity index (χ3v) is 7.68. The minimum Gasteiger partial charge on any atom is -0.382 e. The number of benzene rings is 1. The van der Waals surface area contributed by atoms with Crippen LogP contribution in [0.5, 0.6) is 0 Å². The van der Waals surface area contributed by atoms with E-state index in [4.69, 9.17) is 0 Å². The van der Waals surface area contributed by atoms with Gasteiger partial charge in [-0.2, -0.15) is 18.3 Å². The molecule has 1 aromatic heterocycles. The van der Waals surface area contributed by atoms with E-state index in [2.05, 4.69) is 11.2 Å². The van der Waals surface area contributed by atoms with Gasteiger partial charge in [-0.15, -0.1) is 0 Å². The number of alkyl halides is 3. The lowest BCUT2D eigenvalue weighted by Crippen LogP contribution is -2.45. The van der Waals surface area contributed by atoms with Crippen molar-refractivity contribution < 1.29 is 23.1 Å². The van der Waals surface area contributed by atoms with Crippen LogP contribution < -0.4 is 0 Å². The Bertz CT molecular complexity index is 1060. The van der Waals surface area contributed by atoms with E-state index in [1.165, 1.54) is 12.6 Å². The van der Waals surface area contributed by atoms with Gasteiger partial charge >= 0.3 is 6.18 Å². The Labute approximate surface area is 184 Å². The molecule has 4 unspecified atom stereocenters. The maximum Gasteiger partial charge on any atom is 0.416 e. The van der Waals surface area contributed by atoms with Gasteiger partial charge in [0.1, 0.15) is 0 Å². The van der Waals surface area contributed by atoms with Gasteiger partial charge in [-0.1, -0.05) is 23.8 Å². The van der Waals surface area contributed by atoms with E-state index in [9.17, 15) is 23.1 Å². The number of carbonyl (C=O) groups is 1. The average molecular weight is 445 g/mol. The molecular formula is C24H26F3N3O2. The van der Waals surface area contributed by atoms with Crippen molar-refractivity contribution in [3.8, 4) is 5.69 Å². The molecule has 1 spiro atoms. The quantitative estimate of drug-likeness (QED) is 0.774. The zero-order chi connectivity index (χ0) is 22.7. The summed E-state index contributed by atoms with van der Waals surface area (Å²) < 4.78 is 40.2. The summed E-state index contributed by atoms with van der Waals surface area (Å²) in [6.07, 6.45) is 0.957. The third kappa shape index (κ3) is 3.27. The molecule has 2 fully saturated rings. The van der Waals surface area contributed by atoms with Crippen molar-refractivity contribution in [2.75, 3.05) is 13.6 Å². The van der Waals surface area contributed by atoms with Crippen LogP contribution in [0.1, 0.15) is 36.9 Å². The minimum absolute atomic E-state index is 0.110. The summed E-state index contributed by atoms with van der Waals surface area (Å²) in [6, 6.07) is 9.96. The molecule has 0 radical (unpaired) electrons. The van der Waals surface area contributed by atoms with Crippen molar-refractivity contribution in [1.29, 1.82) is 0 Å². The number of halogens is 3. The molecule has 2 saturated carbocycles. The number of likely N-dealkylation sites (N-methyl/N-ethyl adjacent to an activating group) is 1. The van der Waals surface area contributed by atoms with E-state index in [1.54, 1.807) is 0 Å². The van der Waals surface area contributed by atoms with Crippen molar-refractivity contribution in [3.05, 3.63) is 53.4 Å². The van der Waals surface area contributed by atoms with Gasteiger partial charge in [0.05, 0.1) is 24.1 Å². The Morgan fingerprint density at radius 2 is 2.06 bits per heavy atom. The number of para-hydroxylation sites is 1. The number of hydrogen-bond donors (Lipinski definition) is 1. The van der Waals surface area contributed by atoms with Gasteiger partial charge in [-0.05, 0) is 67.2 Å². The summed E-state index contributed by atoms with van der Waals surface area (Å²) in [4.78, 5) is 14.1. The Balaban J connectivity index is 1.38. The van der Waals surface area contributed by atoms with E-state index in [0.717, 1.165) is 47.5 Å². The number of fused-ring (bicyclic) bond motifs is 1. The molecule has 1 N–H and O–H groups in total. The van der Waals surface area contributed by atoms with E-state index < -0.39 is 18.8 Å². The van der Waals surface area contributed by atoms with Crippen LogP contribution in [0.4, 0.5) is 13.2 Å². The number of amides is 1. The van der Waals surface area contributed by atoms with Crippen LogP contribution in [-0.4, -0.2) is 51.6 Å². The topological polar surface area (TPSA) is 58.4 Å². The van der Waals surface area contributed by atoms with E-state index in [1.807, 2.05) is 41.2 Å². The summed E-state index contributed by atoms with van der Waals surface area (Å²) in [7, 11) is 1.36. The second-order valence-corrected chi connectivity index (χ2v) is 9.37. The van der Waals surface area contributed by atoms with Crippen LogP contribution in [0.15, 0.2) is 42.1 Å². The molecule has 5 nitrogen and oxygen atoms in total. The number of carbonyl (C=O) groups excluding carboxylic acids is 1. The van der Waals surface area contributed by atoms with Crippen molar-refractivity contribution in [1.82, 2.24) is 14.7 Å². The van der Waals surface area contributed by atoms with Crippen LogP contribution in [0, 0.1) is 17.3 Å². The van der Waals surface area contributed by atoms with Crippen LogP contribution in [-0.2, 0) is 11.2 Å². The number of aliphatic hydroxyl groups excluding tert-OH is 1. The molecule has 3 aliphatic rings. The lowest BCUT2D eigenvalue weighted by molar-refractivity contribution is -0.207. The number of aliphatic hydroxyl groups is 1. The lowest BCUT2D eigenvalue weighted by Gasteiger charge is -2.36. The zero-order valence-electron chi connectivity index (χ0n) is 17.8. The normalized spacial score (nSPS) is 27.3. The maximum absolute atomic E-state index is 13.1. The van der Waals surface area contributed by atoms with E-state index >= 15 is 0 Å². The number of hydrogen-bond acceptors (Lipinski definition) is 3. The molecule has 8 heteroatoms. The van der Waals surface area contributed by atoms with E-state index in [-0.39, 0.29) is 23.2 Å².